The van der Waals surface area contributed by atoms with E-state index in [9.17, 15) is 0 Å². The first kappa shape index (κ1) is 11.0. The second kappa shape index (κ2) is 4.00. The largest absolute Gasteiger partial charge is 0.311 e. The average molecular weight is 183 g/mol. The van der Waals surface area contributed by atoms with Gasteiger partial charge < -0.3 is 5.32 Å². The summed E-state index contributed by atoms with van der Waals surface area (Å²) < 4.78 is 0. The van der Waals surface area contributed by atoms with E-state index in [0.717, 1.165) is 12.0 Å². The first-order chi connectivity index (χ1) is 5.97. The zero-order chi connectivity index (χ0) is 10.1. The normalized spacial score (nSPS) is 30.2. The Hall–Kier alpha value is -0.0400. The third-order valence-corrected chi connectivity index (χ3v) is 3.64. The highest BCUT2D eigenvalue weighted by Gasteiger charge is 2.36. The van der Waals surface area contributed by atoms with Crippen molar-refractivity contribution in [2.45, 2.75) is 66.0 Å². The molecular weight excluding hydrogens is 158 g/mol. The van der Waals surface area contributed by atoms with E-state index in [1.165, 1.54) is 19.3 Å². The minimum atomic E-state index is 0.455. The topological polar surface area (TPSA) is 12.0 Å². The predicted octanol–water partition coefficient (Wildman–Crippen LogP) is 3.20. The Kier molecular flexibility index (Phi) is 3.39. The van der Waals surface area contributed by atoms with Gasteiger partial charge in [0.1, 0.15) is 0 Å². The molecule has 13 heavy (non-hydrogen) atoms. The van der Waals surface area contributed by atoms with E-state index in [1.54, 1.807) is 0 Å². The third-order valence-electron chi connectivity index (χ3n) is 3.64. The molecule has 0 aromatic rings. The molecule has 1 aliphatic carbocycles. The van der Waals surface area contributed by atoms with E-state index in [1.807, 2.05) is 0 Å². The van der Waals surface area contributed by atoms with Gasteiger partial charge in [0.2, 0.25) is 0 Å². The Balaban J connectivity index is 2.32. The summed E-state index contributed by atoms with van der Waals surface area (Å²) in [6.45, 7) is 11.7. The molecule has 0 spiro atoms. The molecular formula is C12H25N. The molecule has 1 heteroatoms. The molecule has 0 aromatic heterocycles. The van der Waals surface area contributed by atoms with Crippen LogP contribution in [0, 0.1) is 11.3 Å². The lowest BCUT2D eigenvalue weighted by Gasteiger charge is -2.32. The molecule has 0 amide bonds. The average Bonchev–Trinajstić information content (AvgIpc) is 2.66. The van der Waals surface area contributed by atoms with Crippen LogP contribution in [0.4, 0.5) is 0 Å². The standard InChI is InChI=1S/C12H25N/c1-6-7-12(4,5)10(3)13-11-8-9(11)2/h9-11,13H,6-8H2,1-5H3. The Morgan fingerprint density at radius 1 is 1.46 bits per heavy atom. The second-order valence-electron chi connectivity index (χ2n) is 5.45. The van der Waals surface area contributed by atoms with Crippen molar-refractivity contribution in [3.05, 3.63) is 0 Å². The van der Waals surface area contributed by atoms with Crippen molar-refractivity contribution in [2.75, 3.05) is 0 Å². The van der Waals surface area contributed by atoms with Gasteiger partial charge in [-0.25, -0.2) is 0 Å². The monoisotopic (exact) mass is 183 g/mol. The van der Waals surface area contributed by atoms with E-state index in [2.05, 4.69) is 39.9 Å². The van der Waals surface area contributed by atoms with E-state index in [4.69, 9.17) is 0 Å². The van der Waals surface area contributed by atoms with Gasteiger partial charge in [0, 0.05) is 12.1 Å². The van der Waals surface area contributed by atoms with Gasteiger partial charge in [0.15, 0.2) is 0 Å². The summed E-state index contributed by atoms with van der Waals surface area (Å²) in [5, 5.41) is 3.73. The van der Waals surface area contributed by atoms with Crippen LogP contribution >= 0.6 is 0 Å². The summed E-state index contributed by atoms with van der Waals surface area (Å²) >= 11 is 0. The number of hydrogen-bond donors (Lipinski definition) is 1. The Labute approximate surface area is 83.3 Å². The molecule has 1 fully saturated rings. The van der Waals surface area contributed by atoms with Crippen LogP contribution in [-0.4, -0.2) is 12.1 Å². The van der Waals surface area contributed by atoms with Gasteiger partial charge in [-0.15, -0.1) is 0 Å². The van der Waals surface area contributed by atoms with Gasteiger partial charge in [-0.2, -0.15) is 0 Å². The quantitative estimate of drug-likeness (QED) is 0.690. The SMILES string of the molecule is CCCC(C)(C)C(C)NC1CC1C. The maximum atomic E-state index is 3.73. The van der Waals surface area contributed by atoms with E-state index >= 15 is 0 Å². The van der Waals surface area contributed by atoms with Crippen LogP contribution < -0.4 is 5.32 Å². The van der Waals surface area contributed by atoms with Gasteiger partial charge in [-0.3, -0.25) is 0 Å². The van der Waals surface area contributed by atoms with Gasteiger partial charge in [-0.1, -0.05) is 34.1 Å². The van der Waals surface area contributed by atoms with Gasteiger partial charge in [-0.05, 0) is 31.1 Å². The lowest BCUT2D eigenvalue weighted by Crippen LogP contribution is -2.41. The third kappa shape index (κ3) is 2.98. The number of nitrogens with one attached hydrogen (secondary N) is 1. The minimum absolute atomic E-state index is 0.455. The van der Waals surface area contributed by atoms with Crippen LogP contribution in [0.25, 0.3) is 0 Å². The number of rotatable bonds is 5. The van der Waals surface area contributed by atoms with E-state index in [-0.39, 0.29) is 0 Å². The minimum Gasteiger partial charge on any atom is -0.311 e. The first-order valence-corrected chi connectivity index (χ1v) is 5.73. The highest BCUT2D eigenvalue weighted by Crippen LogP contribution is 2.33. The van der Waals surface area contributed by atoms with Crippen molar-refractivity contribution >= 4 is 0 Å². The molecule has 1 saturated carbocycles. The molecule has 78 valence electrons. The van der Waals surface area contributed by atoms with Crippen molar-refractivity contribution in [1.29, 1.82) is 0 Å². The van der Waals surface area contributed by atoms with E-state index in [0.29, 0.717) is 11.5 Å². The zero-order valence-electron chi connectivity index (χ0n) is 9.85. The van der Waals surface area contributed by atoms with Crippen LogP contribution in [0.2, 0.25) is 0 Å². The van der Waals surface area contributed by atoms with E-state index < -0.39 is 0 Å². The van der Waals surface area contributed by atoms with Crippen LogP contribution in [-0.2, 0) is 0 Å². The summed E-state index contributed by atoms with van der Waals surface area (Å²) in [7, 11) is 0. The molecule has 0 aliphatic heterocycles. The molecule has 1 nitrogen and oxygen atoms in total. The summed E-state index contributed by atoms with van der Waals surface area (Å²) in [6, 6.07) is 1.47. The lowest BCUT2D eigenvalue weighted by molar-refractivity contribution is 0.231. The molecule has 0 heterocycles. The molecule has 3 unspecified atom stereocenters. The molecule has 1 N–H and O–H groups in total. The summed E-state index contributed by atoms with van der Waals surface area (Å²) in [5.74, 6) is 0.917. The summed E-state index contributed by atoms with van der Waals surface area (Å²) in [4.78, 5) is 0. The highest BCUT2D eigenvalue weighted by molar-refractivity contribution is 4.94. The van der Waals surface area contributed by atoms with Crippen molar-refractivity contribution in [1.82, 2.24) is 5.32 Å². The smallest absolute Gasteiger partial charge is 0.00990 e. The number of hydrogen-bond acceptors (Lipinski definition) is 1. The van der Waals surface area contributed by atoms with Crippen LogP contribution in [0.5, 0.6) is 0 Å². The molecule has 1 rings (SSSR count). The molecule has 0 aromatic carbocycles. The molecule has 0 radical (unpaired) electrons. The zero-order valence-corrected chi connectivity index (χ0v) is 9.85. The van der Waals surface area contributed by atoms with Gasteiger partial charge in [0.05, 0.1) is 0 Å². The predicted molar refractivity (Wildman–Crippen MR) is 58.9 cm³/mol. The van der Waals surface area contributed by atoms with Crippen LogP contribution in [0.3, 0.4) is 0 Å². The lowest BCUT2D eigenvalue weighted by atomic mass is 9.81. The van der Waals surface area contributed by atoms with Crippen molar-refractivity contribution in [2.24, 2.45) is 11.3 Å². The van der Waals surface area contributed by atoms with Crippen molar-refractivity contribution < 1.29 is 0 Å². The fourth-order valence-electron chi connectivity index (χ4n) is 1.96. The molecule has 3 atom stereocenters. The molecule has 1 aliphatic rings. The van der Waals surface area contributed by atoms with Gasteiger partial charge >= 0.3 is 0 Å². The van der Waals surface area contributed by atoms with Crippen molar-refractivity contribution in [3.63, 3.8) is 0 Å². The molecule has 0 saturated heterocycles. The summed E-state index contributed by atoms with van der Waals surface area (Å²) in [6.07, 6.45) is 3.99. The fraction of sp³-hybridized carbons (Fsp3) is 1.00. The highest BCUT2D eigenvalue weighted by atomic mass is 15.0. The molecule has 0 bridgehead atoms. The maximum Gasteiger partial charge on any atom is 0.00990 e. The summed E-state index contributed by atoms with van der Waals surface area (Å²) in [5.41, 5.74) is 0.455. The second-order valence-corrected chi connectivity index (χ2v) is 5.45. The van der Waals surface area contributed by atoms with Gasteiger partial charge in [0.25, 0.3) is 0 Å². The maximum absolute atomic E-state index is 3.73. The first-order valence-electron chi connectivity index (χ1n) is 5.73. The Bertz CT molecular complexity index is 163. The Morgan fingerprint density at radius 2 is 2.00 bits per heavy atom. The fourth-order valence-corrected chi connectivity index (χ4v) is 1.96. The van der Waals surface area contributed by atoms with Crippen LogP contribution in [0.1, 0.15) is 53.9 Å². The van der Waals surface area contributed by atoms with Crippen LogP contribution in [0.15, 0.2) is 0 Å². The Morgan fingerprint density at radius 3 is 2.38 bits per heavy atom. The van der Waals surface area contributed by atoms with Crippen molar-refractivity contribution in [3.8, 4) is 0 Å².